The predicted molar refractivity (Wildman–Crippen MR) is 99.2 cm³/mol. The SMILES string of the molecule is CC(Oc1cccc(Cl)c1)C(=O)OCC(=O)Nc1ccc(Cl)c([N+](=O)[O-])c1. The number of amides is 1. The first kappa shape index (κ1) is 20.5. The molecule has 0 aromatic heterocycles. The highest BCUT2D eigenvalue weighted by Crippen LogP contribution is 2.27. The highest BCUT2D eigenvalue weighted by Gasteiger charge is 2.19. The number of halogens is 2. The molecule has 1 amide bonds. The summed E-state index contributed by atoms with van der Waals surface area (Å²) >= 11 is 11.5. The summed E-state index contributed by atoms with van der Waals surface area (Å²) in [6.45, 7) is 0.877. The second-order valence-electron chi connectivity index (χ2n) is 5.30. The fourth-order valence-corrected chi connectivity index (χ4v) is 2.34. The largest absolute Gasteiger partial charge is 0.479 e. The Morgan fingerprint density at radius 2 is 1.96 bits per heavy atom. The Labute approximate surface area is 164 Å². The second kappa shape index (κ2) is 9.20. The summed E-state index contributed by atoms with van der Waals surface area (Å²) in [7, 11) is 0. The summed E-state index contributed by atoms with van der Waals surface area (Å²) in [5.41, 5.74) is -0.203. The normalized spacial score (nSPS) is 11.4. The van der Waals surface area contributed by atoms with Gasteiger partial charge < -0.3 is 14.8 Å². The molecule has 2 rings (SSSR count). The molecule has 142 valence electrons. The number of rotatable bonds is 7. The van der Waals surface area contributed by atoms with Crippen molar-refractivity contribution in [3.05, 3.63) is 62.6 Å². The predicted octanol–water partition coefficient (Wildman–Crippen LogP) is 3.85. The summed E-state index contributed by atoms with van der Waals surface area (Å²) in [5.74, 6) is -1.05. The molecular formula is C17H14Cl2N2O6. The van der Waals surface area contributed by atoms with E-state index in [2.05, 4.69) is 5.32 Å². The zero-order valence-electron chi connectivity index (χ0n) is 14.0. The van der Waals surface area contributed by atoms with Gasteiger partial charge in [-0.15, -0.1) is 0 Å². The van der Waals surface area contributed by atoms with Gasteiger partial charge >= 0.3 is 5.97 Å². The third-order valence-electron chi connectivity index (χ3n) is 3.21. The van der Waals surface area contributed by atoms with Gasteiger partial charge in [0.05, 0.1) is 4.92 Å². The van der Waals surface area contributed by atoms with Crippen LogP contribution >= 0.6 is 23.2 Å². The van der Waals surface area contributed by atoms with Gasteiger partial charge in [-0.25, -0.2) is 4.79 Å². The number of esters is 1. The average Bonchev–Trinajstić information content (AvgIpc) is 2.61. The third-order valence-corrected chi connectivity index (χ3v) is 3.77. The standard InChI is InChI=1S/C17H14Cl2N2O6/c1-10(27-13-4-2-3-11(18)7-13)17(23)26-9-16(22)20-12-5-6-14(19)15(8-12)21(24)25/h2-8,10H,9H2,1H3,(H,20,22). The summed E-state index contributed by atoms with van der Waals surface area (Å²) in [6.07, 6.45) is -0.965. The summed E-state index contributed by atoms with van der Waals surface area (Å²) in [4.78, 5) is 33.9. The van der Waals surface area contributed by atoms with Gasteiger partial charge in [0.25, 0.3) is 11.6 Å². The highest BCUT2D eigenvalue weighted by atomic mass is 35.5. The summed E-state index contributed by atoms with van der Waals surface area (Å²) in [5, 5.41) is 13.6. The Hall–Kier alpha value is -2.84. The number of nitro groups is 1. The van der Waals surface area contributed by atoms with Gasteiger partial charge in [-0.1, -0.05) is 29.3 Å². The smallest absolute Gasteiger partial charge is 0.347 e. The Kier molecular flexibility index (Phi) is 6.98. The lowest BCUT2D eigenvalue weighted by atomic mass is 10.3. The molecule has 1 unspecified atom stereocenters. The van der Waals surface area contributed by atoms with Crippen LogP contribution in [0.25, 0.3) is 0 Å². The van der Waals surface area contributed by atoms with Crippen LogP contribution in [0.2, 0.25) is 10.0 Å². The first-order valence-electron chi connectivity index (χ1n) is 7.59. The van der Waals surface area contributed by atoms with Crippen LogP contribution < -0.4 is 10.1 Å². The van der Waals surface area contributed by atoms with Crippen molar-refractivity contribution < 1.29 is 24.0 Å². The van der Waals surface area contributed by atoms with Crippen LogP contribution in [0.4, 0.5) is 11.4 Å². The van der Waals surface area contributed by atoms with E-state index in [1.165, 1.54) is 25.1 Å². The molecule has 8 nitrogen and oxygen atoms in total. The molecule has 0 spiro atoms. The maximum absolute atomic E-state index is 11.9. The van der Waals surface area contributed by atoms with Crippen molar-refractivity contribution >= 4 is 46.5 Å². The van der Waals surface area contributed by atoms with E-state index in [9.17, 15) is 19.7 Å². The van der Waals surface area contributed by atoms with Gasteiger partial charge in [-0.05, 0) is 37.3 Å². The van der Waals surface area contributed by atoms with Gasteiger partial charge in [-0.2, -0.15) is 0 Å². The zero-order valence-corrected chi connectivity index (χ0v) is 15.5. The van der Waals surface area contributed by atoms with Crippen molar-refractivity contribution in [2.45, 2.75) is 13.0 Å². The molecule has 0 heterocycles. The van der Waals surface area contributed by atoms with Crippen molar-refractivity contribution in [3.63, 3.8) is 0 Å². The number of carbonyl (C=O) groups excluding carboxylic acids is 2. The maximum atomic E-state index is 11.9. The molecule has 1 atom stereocenters. The Morgan fingerprint density at radius 1 is 1.22 bits per heavy atom. The molecule has 0 radical (unpaired) electrons. The number of ether oxygens (including phenoxy) is 2. The minimum absolute atomic E-state index is 0.0589. The molecule has 0 saturated carbocycles. The van der Waals surface area contributed by atoms with Gasteiger partial charge in [0.15, 0.2) is 12.7 Å². The molecule has 0 fully saturated rings. The van der Waals surface area contributed by atoms with Gasteiger partial charge in [0, 0.05) is 16.8 Å². The number of hydrogen-bond donors (Lipinski definition) is 1. The molecule has 0 aliphatic heterocycles. The number of nitrogens with zero attached hydrogens (tertiary/aromatic N) is 1. The van der Waals surface area contributed by atoms with Crippen LogP contribution in [0, 0.1) is 10.1 Å². The van der Waals surface area contributed by atoms with Crippen molar-refractivity contribution in [2.75, 3.05) is 11.9 Å². The minimum Gasteiger partial charge on any atom is -0.479 e. The minimum atomic E-state index is -0.965. The lowest BCUT2D eigenvalue weighted by molar-refractivity contribution is -0.384. The van der Waals surface area contributed by atoms with E-state index in [1.807, 2.05) is 0 Å². The first-order chi connectivity index (χ1) is 12.8. The topological polar surface area (TPSA) is 108 Å². The first-order valence-corrected chi connectivity index (χ1v) is 8.34. The molecular weight excluding hydrogens is 399 g/mol. The third kappa shape index (κ3) is 6.12. The number of carbonyl (C=O) groups is 2. The molecule has 27 heavy (non-hydrogen) atoms. The van der Waals surface area contributed by atoms with Crippen molar-refractivity contribution in [1.82, 2.24) is 0 Å². The van der Waals surface area contributed by atoms with Crippen LogP contribution in [0.5, 0.6) is 5.75 Å². The van der Waals surface area contributed by atoms with E-state index in [-0.39, 0.29) is 16.4 Å². The van der Waals surface area contributed by atoms with Crippen molar-refractivity contribution in [1.29, 1.82) is 0 Å². The Bertz CT molecular complexity index is 874. The van der Waals surface area contributed by atoms with Crippen molar-refractivity contribution in [3.8, 4) is 5.75 Å². The van der Waals surface area contributed by atoms with E-state index in [1.54, 1.807) is 18.2 Å². The molecule has 2 aromatic rings. The molecule has 0 aliphatic carbocycles. The second-order valence-corrected chi connectivity index (χ2v) is 6.14. The van der Waals surface area contributed by atoms with Gasteiger partial charge in [0.2, 0.25) is 0 Å². The van der Waals surface area contributed by atoms with Crippen LogP contribution in [-0.2, 0) is 14.3 Å². The molecule has 2 aromatic carbocycles. The fourth-order valence-electron chi connectivity index (χ4n) is 1.97. The lowest BCUT2D eigenvalue weighted by Gasteiger charge is -2.14. The number of nitro benzene ring substituents is 1. The maximum Gasteiger partial charge on any atom is 0.347 e. The average molecular weight is 413 g/mol. The van der Waals surface area contributed by atoms with E-state index in [4.69, 9.17) is 32.7 Å². The quantitative estimate of drug-likeness (QED) is 0.420. The Morgan fingerprint density at radius 3 is 2.63 bits per heavy atom. The number of anilines is 1. The number of hydrogen-bond acceptors (Lipinski definition) is 6. The molecule has 0 aliphatic rings. The van der Waals surface area contributed by atoms with E-state index in [0.29, 0.717) is 10.8 Å². The van der Waals surface area contributed by atoms with Crippen molar-refractivity contribution in [2.24, 2.45) is 0 Å². The molecule has 0 saturated heterocycles. The van der Waals surface area contributed by atoms with Crippen LogP contribution in [0.3, 0.4) is 0 Å². The van der Waals surface area contributed by atoms with Gasteiger partial charge in [0.1, 0.15) is 10.8 Å². The fraction of sp³-hybridized carbons (Fsp3) is 0.176. The molecule has 0 bridgehead atoms. The summed E-state index contributed by atoms with van der Waals surface area (Å²) < 4.78 is 10.3. The monoisotopic (exact) mass is 412 g/mol. The summed E-state index contributed by atoms with van der Waals surface area (Å²) in [6, 6.07) is 10.2. The van der Waals surface area contributed by atoms with E-state index >= 15 is 0 Å². The number of benzene rings is 2. The lowest BCUT2D eigenvalue weighted by Crippen LogP contribution is -2.29. The Balaban J connectivity index is 1.86. The molecule has 10 heteroatoms. The zero-order chi connectivity index (χ0) is 20.0. The van der Waals surface area contributed by atoms with E-state index < -0.39 is 29.5 Å². The highest BCUT2D eigenvalue weighted by molar-refractivity contribution is 6.32. The number of nitrogens with one attached hydrogen (secondary N) is 1. The van der Waals surface area contributed by atoms with Gasteiger partial charge in [-0.3, -0.25) is 14.9 Å². The van der Waals surface area contributed by atoms with Crippen LogP contribution in [0.1, 0.15) is 6.92 Å². The molecule has 1 N–H and O–H groups in total. The van der Waals surface area contributed by atoms with Crippen LogP contribution in [-0.4, -0.2) is 29.5 Å². The van der Waals surface area contributed by atoms with E-state index in [0.717, 1.165) is 6.07 Å². The van der Waals surface area contributed by atoms with Crippen LogP contribution in [0.15, 0.2) is 42.5 Å².